The first-order valence-corrected chi connectivity index (χ1v) is 4.93. The van der Waals surface area contributed by atoms with Gasteiger partial charge in [-0.05, 0) is 6.92 Å². The number of anilines is 1. The van der Waals surface area contributed by atoms with E-state index in [0.717, 1.165) is 0 Å². The van der Waals surface area contributed by atoms with Gasteiger partial charge in [0.1, 0.15) is 5.76 Å². The molecule has 15 heavy (non-hydrogen) atoms. The van der Waals surface area contributed by atoms with Crippen LogP contribution in [0.2, 0.25) is 0 Å². The van der Waals surface area contributed by atoms with E-state index in [0.29, 0.717) is 18.1 Å². The highest BCUT2D eigenvalue weighted by Gasteiger charge is 2.24. The molecule has 1 aromatic rings. The molecule has 4 heteroatoms. The topological polar surface area (TPSA) is 65.5 Å². The highest BCUT2D eigenvalue weighted by molar-refractivity contribution is 5.92. The summed E-state index contributed by atoms with van der Waals surface area (Å²) in [6.07, 6.45) is 0. The molecule has 1 rings (SSSR count). The van der Waals surface area contributed by atoms with Gasteiger partial charge in [0.15, 0.2) is 0 Å². The van der Waals surface area contributed by atoms with E-state index in [1.165, 1.54) is 0 Å². The number of ether oxygens (including phenoxy) is 1. The Labute approximate surface area is 89.4 Å². The summed E-state index contributed by atoms with van der Waals surface area (Å²) < 4.78 is 10.2. The molecule has 0 amide bonds. The number of hydrogen-bond acceptors (Lipinski definition) is 4. The number of furan rings is 1. The number of hydrogen-bond donors (Lipinski definition) is 1. The first kappa shape index (κ1) is 11.6. The fraction of sp³-hybridized carbons (Fsp3) is 0.545. The zero-order chi connectivity index (χ0) is 11.6. The van der Waals surface area contributed by atoms with Gasteiger partial charge in [-0.2, -0.15) is 0 Å². The molecule has 84 valence electrons. The molecule has 4 nitrogen and oxygen atoms in total. The maximum absolute atomic E-state index is 11.4. The Morgan fingerprint density at radius 3 is 2.53 bits per heavy atom. The Balaban J connectivity index is 3.02. The van der Waals surface area contributed by atoms with Gasteiger partial charge < -0.3 is 14.9 Å². The Bertz CT molecular complexity index is 360. The van der Waals surface area contributed by atoms with Gasteiger partial charge in [-0.3, -0.25) is 0 Å². The van der Waals surface area contributed by atoms with Crippen LogP contribution < -0.4 is 5.73 Å². The molecule has 0 saturated carbocycles. The fourth-order valence-corrected chi connectivity index (χ4v) is 1.13. The van der Waals surface area contributed by atoms with Gasteiger partial charge in [0, 0.05) is 11.5 Å². The van der Waals surface area contributed by atoms with Crippen molar-refractivity contribution in [2.75, 3.05) is 12.3 Å². The van der Waals surface area contributed by atoms with Crippen molar-refractivity contribution in [2.45, 2.75) is 33.1 Å². The number of rotatable bonds is 2. The first-order valence-electron chi connectivity index (χ1n) is 4.93. The van der Waals surface area contributed by atoms with Crippen molar-refractivity contribution in [2.24, 2.45) is 0 Å². The van der Waals surface area contributed by atoms with E-state index in [9.17, 15) is 4.79 Å². The third-order valence-corrected chi connectivity index (χ3v) is 1.96. The maximum Gasteiger partial charge on any atom is 0.376 e. The summed E-state index contributed by atoms with van der Waals surface area (Å²) in [5.41, 5.74) is 5.84. The molecule has 0 unspecified atom stereocenters. The van der Waals surface area contributed by atoms with Crippen LogP contribution in [0.25, 0.3) is 0 Å². The van der Waals surface area contributed by atoms with Crippen LogP contribution in [0.1, 0.15) is 44.0 Å². The Hall–Kier alpha value is -1.45. The predicted octanol–water partition coefficient (Wildman–Crippen LogP) is 2.34. The normalized spacial score (nSPS) is 11.5. The van der Waals surface area contributed by atoms with Crippen molar-refractivity contribution in [3.8, 4) is 0 Å². The van der Waals surface area contributed by atoms with Crippen molar-refractivity contribution in [3.05, 3.63) is 17.6 Å². The summed E-state index contributed by atoms with van der Waals surface area (Å²) in [5.74, 6) is 0.273. The lowest BCUT2D eigenvalue weighted by molar-refractivity contribution is 0.0488. The molecule has 0 fully saturated rings. The fourth-order valence-electron chi connectivity index (χ4n) is 1.13. The molecule has 0 aliphatic rings. The average Bonchev–Trinajstić information content (AvgIpc) is 2.47. The van der Waals surface area contributed by atoms with Gasteiger partial charge in [-0.15, -0.1) is 0 Å². The minimum absolute atomic E-state index is 0.0989. The predicted molar refractivity (Wildman–Crippen MR) is 57.8 cm³/mol. The summed E-state index contributed by atoms with van der Waals surface area (Å²) >= 11 is 0. The number of esters is 1. The SMILES string of the molecule is CCOC(=O)c1oc(C(C)(C)C)cc1N. The monoisotopic (exact) mass is 211 g/mol. The van der Waals surface area contributed by atoms with Gasteiger partial charge in [0.2, 0.25) is 5.76 Å². The minimum atomic E-state index is -0.509. The minimum Gasteiger partial charge on any atom is -0.460 e. The van der Waals surface area contributed by atoms with E-state index in [2.05, 4.69) is 0 Å². The lowest BCUT2D eigenvalue weighted by Gasteiger charge is -2.13. The smallest absolute Gasteiger partial charge is 0.376 e. The molecule has 2 N–H and O–H groups in total. The molecular formula is C11H17NO3. The molecule has 0 aliphatic carbocycles. The molecule has 1 heterocycles. The van der Waals surface area contributed by atoms with E-state index in [1.54, 1.807) is 13.0 Å². The van der Waals surface area contributed by atoms with E-state index >= 15 is 0 Å². The summed E-state index contributed by atoms with van der Waals surface area (Å²) in [6.45, 7) is 8.01. The highest BCUT2D eigenvalue weighted by atomic mass is 16.5. The molecule has 1 aromatic heterocycles. The van der Waals surface area contributed by atoms with Crippen molar-refractivity contribution in [3.63, 3.8) is 0 Å². The number of nitrogens with two attached hydrogens (primary N) is 1. The molecule has 0 spiro atoms. The van der Waals surface area contributed by atoms with E-state index in [1.807, 2.05) is 20.8 Å². The second-order valence-electron chi connectivity index (χ2n) is 4.37. The van der Waals surface area contributed by atoms with Gasteiger partial charge in [-0.25, -0.2) is 4.79 Å². The van der Waals surface area contributed by atoms with Crippen LogP contribution >= 0.6 is 0 Å². The van der Waals surface area contributed by atoms with Gasteiger partial charge >= 0.3 is 5.97 Å². The first-order chi connectivity index (χ1) is 6.86. The van der Waals surface area contributed by atoms with Crippen molar-refractivity contribution in [1.82, 2.24) is 0 Å². The highest BCUT2D eigenvalue weighted by Crippen LogP contribution is 2.28. The molecule has 0 atom stereocenters. The third-order valence-electron chi connectivity index (χ3n) is 1.96. The molecule has 0 aliphatic heterocycles. The Kier molecular flexibility index (Phi) is 3.07. The van der Waals surface area contributed by atoms with Gasteiger partial charge in [-0.1, -0.05) is 20.8 Å². The molecule has 0 aromatic carbocycles. The van der Waals surface area contributed by atoms with E-state index in [-0.39, 0.29) is 11.2 Å². The lowest BCUT2D eigenvalue weighted by atomic mass is 9.93. The standard InChI is InChI=1S/C11H17NO3/c1-5-14-10(13)9-7(12)6-8(15-9)11(2,3)4/h6H,5,12H2,1-4H3. The van der Waals surface area contributed by atoms with Crippen molar-refractivity contribution < 1.29 is 13.9 Å². The molecule has 0 bridgehead atoms. The van der Waals surface area contributed by atoms with Gasteiger partial charge in [0.25, 0.3) is 0 Å². The summed E-state index contributed by atoms with van der Waals surface area (Å²) in [4.78, 5) is 11.4. The van der Waals surface area contributed by atoms with Gasteiger partial charge in [0.05, 0.1) is 12.3 Å². The van der Waals surface area contributed by atoms with Crippen molar-refractivity contribution in [1.29, 1.82) is 0 Å². The van der Waals surface area contributed by atoms with Crippen molar-refractivity contribution >= 4 is 11.7 Å². The molecule has 0 saturated heterocycles. The maximum atomic E-state index is 11.4. The van der Waals surface area contributed by atoms with Crippen LogP contribution in [0.3, 0.4) is 0 Å². The van der Waals surface area contributed by atoms with E-state index < -0.39 is 5.97 Å². The van der Waals surface area contributed by atoms with Crippen LogP contribution in [0.5, 0.6) is 0 Å². The zero-order valence-corrected chi connectivity index (χ0v) is 9.59. The Morgan fingerprint density at radius 1 is 1.53 bits per heavy atom. The molecule has 0 radical (unpaired) electrons. The van der Waals surface area contributed by atoms with E-state index in [4.69, 9.17) is 14.9 Å². The zero-order valence-electron chi connectivity index (χ0n) is 9.59. The molecular weight excluding hydrogens is 194 g/mol. The number of carbonyl (C=O) groups is 1. The lowest BCUT2D eigenvalue weighted by Crippen LogP contribution is -2.09. The third kappa shape index (κ3) is 2.52. The second-order valence-corrected chi connectivity index (χ2v) is 4.37. The summed E-state index contributed by atoms with van der Waals surface area (Å²) in [6, 6.07) is 1.67. The number of carbonyl (C=O) groups excluding carboxylic acids is 1. The Morgan fingerprint density at radius 2 is 2.13 bits per heavy atom. The summed E-state index contributed by atoms with van der Waals surface area (Å²) in [7, 11) is 0. The quantitative estimate of drug-likeness (QED) is 0.762. The van der Waals surface area contributed by atoms with Crippen LogP contribution in [0.4, 0.5) is 5.69 Å². The average molecular weight is 211 g/mol. The largest absolute Gasteiger partial charge is 0.460 e. The van der Waals surface area contributed by atoms with Crippen LogP contribution in [-0.4, -0.2) is 12.6 Å². The van der Waals surface area contributed by atoms with Crippen LogP contribution in [0, 0.1) is 0 Å². The summed E-state index contributed by atoms with van der Waals surface area (Å²) in [5, 5.41) is 0. The second kappa shape index (κ2) is 3.96. The number of nitrogen functional groups attached to an aromatic ring is 1. The van der Waals surface area contributed by atoms with Crippen LogP contribution in [0.15, 0.2) is 10.5 Å². The van der Waals surface area contributed by atoms with Crippen LogP contribution in [-0.2, 0) is 10.2 Å².